The summed E-state index contributed by atoms with van der Waals surface area (Å²) in [4.78, 5) is 24.0. The average Bonchev–Trinajstić information content (AvgIpc) is 3.60. The predicted molar refractivity (Wildman–Crippen MR) is 192 cm³/mol. The van der Waals surface area contributed by atoms with Crippen LogP contribution in [0.5, 0.6) is 28.9 Å². The van der Waals surface area contributed by atoms with Crippen molar-refractivity contribution in [2.24, 2.45) is 4.99 Å². The topological polar surface area (TPSA) is 106 Å². The molecule has 0 spiro atoms. The Morgan fingerprint density at radius 1 is 0.942 bits per heavy atom. The van der Waals surface area contributed by atoms with Gasteiger partial charge in [-0.2, -0.15) is 9.65 Å². The van der Waals surface area contributed by atoms with E-state index in [1.807, 2.05) is 78.7 Å². The van der Waals surface area contributed by atoms with E-state index in [0.717, 1.165) is 27.1 Å². The molecule has 0 radical (unpaired) electrons. The molecule has 0 amide bonds. The number of carbonyl (C=O) groups is 1. The zero-order valence-electron chi connectivity index (χ0n) is 28.4. The summed E-state index contributed by atoms with van der Waals surface area (Å²) in [5.41, 5.74) is 2.75. The van der Waals surface area contributed by atoms with Crippen LogP contribution in [0.4, 0.5) is 8.78 Å². The Labute approximate surface area is 304 Å². The van der Waals surface area contributed by atoms with Crippen LogP contribution in [0.15, 0.2) is 112 Å². The van der Waals surface area contributed by atoms with Crippen LogP contribution in [-0.4, -0.2) is 42.3 Å². The Kier molecular flexibility index (Phi) is 11.8. The minimum atomic E-state index is -1.17. The molecular formula is C40H34F2N4O5S. The van der Waals surface area contributed by atoms with Crippen molar-refractivity contribution in [3.8, 4) is 34.9 Å². The highest BCUT2D eigenvalue weighted by molar-refractivity contribution is 7.99. The lowest BCUT2D eigenvalue weighted by Gasteiger charge is -2.22. The molecule has 0 saturated carbocycles. The molecule has 1 aliphatic heterocycles. The number of ether oxygens (including phenoxy) is 4. The summed E-state index contributed by atoms with van der Waals surface area (Å²) in [7, 11) is 1.89. The van der Waals surface area contributed by atoms with Gasteiger partial charge < -0.3 is 18.9 Å². The Morgan fingerprint density at radius 2 is 1.71 bits per heavy atom. The number of aryl methyl sites for hydroxylation is 1. The summed E-state index contributed by atoms with van der Waals surface area (Å²) < 4.78 is 54.1. The molecule has 5 aromatic rings. The van der Waals surface area contributed by atoms with E-state index in [1.165, 1.54) is 17.8 Å². The zero-order valence-corrected chi connectivity index (χ0v) is 29.2. The summed E-state index contributed by atoms with van der Waals surface area (Å²) >= 11 is 1.50. The molecule has 0 fully saturated rings. The second kappa shape index (κ2) is 17.0. The van der Waals surface area contributed by atoms with Gasteiger partial charge in [-0.25, -0.2) is 9.37 Å². The summed E-state index contributed by atoms with van der Waals surface area (Å²) in [5.74, 6) is -3.25. The van der Waals surface area contributed by atoms with Gasteiger partial charge in [-0.3, -0.25) is 14.7 Å². The first-order chi connectivity index (χ1) is 25.3. The third-order valence-corrected chi connectivity index (χ3v) is 9.00. The highest BCUT2D eigenvalue weighted by atomic mass is 32.2. The van der Waals surface area contributed by atoms with Crippen LogP contribution in [0, 0.1) is 23.0 Å². The normalized spacial score (nSPS) is 13.8. The molecule has 0 N–H and O–H groups in total. The van der Waals surface area contributed by atoms with Crippen LogP contribution in [0.25, 0.3) is 0 Å². The van der Waals surface area contributed by atoms with Gasteiger partial charge >= 0.3 is 5.97 Å². The van der Waals surface area contributed by atoms with E-state index in [9.17, 15) is 10.1 Å². The standard InChI is InChI=1S/C40H34F2N4O5S/c1-3-48-36(47)18-12-26-9-13-29(14-10-26)52-30-15-17-33(31(22-30)39-44-19-20-46(39)2)50-38-32(41)24-45-40(37(38)42)51-35-21-28(23-43)11-16-34(35)49-25-27-7-5-4-6-8-27/h4-11,13-17,19,21-22,24,39H,3,12,18,20,25H2,1-2H3. The maximum Gasteiger partial charge on any atom is 0.306 e. The van der Waals surface area contributed by atoms with E-state index in [1.54, 1.807) is 37.4 Å². The Hall–Kier alpha value is -5.77. The molecule has 264 valence electrons. The molecule has 6 rings (SSSR count). The minimum Gasteiger partial charge on any atom is -0.485 e. The molecule has 1 unspecified atom stereocenters. The second-order valence-corrected chi connectivity index (χ2v) is 12.8. The number of benzene rings is 4. The Bertz CT molecular complexity index is 2110. The maximum atomic E-state index is 16.1. The summed E-state index contributed by atoms with van der Waals surface area (Å²) in [6, 6.07) is 29.1. The number of hydrogen-bond acceptors (Lipinski definition) is 10. The molecular weight excluding hydrogens is 687 g/mol. The largest absolute Gasteiger partial charge is 0.485 e. The van der Waals surface area contributed by atoms with E-state index in [4.69, 9.17) is 18.9 Å². The predicted octanol–water partition coefficient (Wildman–Crippen LogP) is 9.06. The molecule has 12 heteroatoms. The van der Waals surface area contributed by atoms with Gasteiger partial charge in [0.1, 0.15) is 18.5 Å². The summed E-state index contributed by atoms with van der Waals surface area (Å²) in [6.07, 6.45) is 3.02. The fourth-order valence-corrected chi connectivity index (χ4v) is 6.22. The number of nitrogens with zero attached hydrogens (tertiary/aromatic N) is 4. The smallest absolute Gasteiger partial charge is 0.306 e. The molecule has 4 aromatic carbocycles. The van der Waals surface area contributed by atoms with Gasteiger partial charge in [-0.1, -0.05) is 54.2 Å². The maximum absolute atomic E-state index is 16.1. The third-order valence-electron chi connectivity index (χ3n) is 8.00. The zero-order chi connectivity index (χ0) is 36.5. The number of nitriles is 1. The molecule has 1 aromatic heterocycles. The number of aliphatic imine (C=N–C) groups is 1. The highest BCUT2D eigenvalue weighted by Gasteiger charge is 2.27. The van der Waals surface area contributed by atoms with E-state index in [-0.39, 0.29) is 35.4 Å². The van der Waals surface area contributed by atoms with Gasteiger partial charge in [0.2, 0.25) is 11.6 Å². The molecule has 0 bridgehead atoms. The van der Waals surface area contributed by atoms with Crippen molar-refractivity contribution in [3.63, 3.8) is 0 Å². The summed E-state index contributed by atoms with van der Waals surface area (Å²) in [5, 5.41) is 9.49. The number of halogens is 2. The molecule has 2 heterocycles. The van der Waals surface area contributed by atoms with E-state index in [0.29, 0.717) is 31.6 Å². The highest BCUT2D eigenvalue weighted by Crippen LogP contribution is 2.42. The quantitative estimate of drug-likeness (QED) is 0.104. The molecule has 0 saturated heterocycles. The van der Waals surface area contributed by atoms with Crippen molar-refractivity contribution >= 4 is 23.9 Å². The first kappa shape index (κ1) is 36.0. The lowest BCUT2D eigenvalue weighted by atomic mass is 10.1. The van der Waals surface area contributed by atoms with Crippen molar-refractivity contribution in [2.45, 2.75) is 42.3 Å². The van der Waals surface area contributed by atoms with E-state index in [2.05, 4.69) is 9.98 Å². The summed E-state index contributed by atoms with van der Waals surface area (Å²) in [6.45, 7) is 2.91. The number of aromatic nitrogens is 1. The number of carbonyl (C=O) groups excluding carboxylic acids is 1. The van der Waals surface area contributed by atoms with Gasteiger partial charge in [0, 0.05) is 40.6 Å². The van der Waals surface area contributed by atoms with Gasteiger partial charge in [0.05, 0.1) is 24.4 Å². The van der Waals surface area contributed by atoms with Crippen molar-refractivity contribution < 1.29 is 32.5 Å². The Morgan fingerprint density at radius 3 is 2.44 bits per heavy atom. The van der Waals surface area contributed by atoms with Crippen LogP contribution in [0.1, 0.15) is 41.8 Å². The van der Waals surface area contributed by atoms with Crippen molar-refractivity contribution in [3.05, 3.63) is 131 Å². The second-order valence-electron chi connectivity index (χ2n) is 11.7. The fraction of sp³-hybridized carbons (Fsp3) is 0.200. The fourth-order valence-electron chi connectivity index (χ4n) is 5.36. The third kappa shape index (κ3) is 8.93. The number of rotatable bonds is 14. The number of esters is 1. The van der Waals surface area contributed by atoms with Crippen LogP contribution in [-0.2, 0) is 22.6 Å². The first-order valence-corrected chi connectivity index (χ1v) is 17.3. The first-order valence-electron chi connectivity index (χ1n) is 16.5. The van der Waals surface area contributed by atoms with Crippen LogP contribution in [0.2, 0.25) is 0 Å². The molecule has 0 aliphatic carbocycles. The van der Waals surface area contributed by atoms with E-state index >= 15 is 8.78 Å². The van der Waals surface area contributed by atoms with Crippen molar-refractivity contribution in [2.75, 3.05) is 20.2 Å². The van der Waals surface area contributed by atoms with Crippen molar-refractivity contribution in [1.29, 1.82) is 5.26 Å². The molecule has 9 nitrogen and oxygen atoms in total. The molecule has 1 aliphatic rings. The van der Waals surface area contributed by atoms with Crippen LogP contribution in [0.3, 0.4) is 0 Å². The van der Waals surface area contributed by atoms with Gasteiger partial charge in [-0.15, -0.1) is 0 Å². The average molecular weight is 721 g/mol. The lowest BCUT2D eigenvalue weighted by Crippen LogP contribution is -2.19. The Balaban J connectivity index is 1.24. The van der Waals surface area contributed by atoms with Crippen LogP contribution < -0.4 is 14.2 Å². The van der Waals surface area contributed by atoms with E-state index < -0.39 is 29.4 Å². The van der Waals surface area contributed by atoms with Crippen LogP contribution >= 0.6 is 11.8 Å². The molecule has 52 heavy (non-hydrogen) atoms. The lowest BCUT2D eigenvalue weighted by molar-refractivity contribution is -0.143. The number of hydrogen-bond donors (Lipinski definition) is 0. The SMILES string of the molecule is CCOC(=O)CCc1ccc(Sc2ccc(Oc3c(F)cnc(Oc4cc(C#N)ccc4OCc4ccccc4)c3F)c(C3N=CCN3C)c2)cc1. The van der Waals surface area contributed by atoms with Crippen molar-refractivity contribution in [1.82, 2.24) is 9.88 Å². The number of pyridine rings is 1. The molecule has 1 atom stereocenters. The monoisotopic (exact) mass is 720 g/mol. The minimum absolute atomic E-state index is 0.0231. The van der Waals surface area contributed by atoms with Gasteiger partial charge in [0.15, 0.2) is 17.3 Å². The van der Waals surface area contributed by atoms with Gasteiger partial charge in [-0.05, 0) is 74.0 Å². The van der Waals surface area contributed by atoms with Gasteiger partial charge in [0.25, 0.3) is 5.88 Å².